The Kier molecular flexibility index (Phi) is 7.21. The molecule has 0 saturated carbocycles. The topological polar surface area (TPSA) is 66.4 Å². The van der Waals surface area contributed by atoms with Gasteiger partial charge >= 0.3 is 5.97 Å². The van der Waals surface area contributed by atoms with Crippen molar-refractivity contribution < 1.29 is 14.7 Å². The molecule has 0 bridgehead atoms. The van der Waals surface area contributed by atoms with E-state index < -0.39 is 12.0 Å². The first kappa shape index (κ1) is 18.4. The standard InChI is InChI=1S/C18H19NO3S2/c1-2-8-15(18(21)22)19-17(20)14-11-6-7-12-16(14)24-23-13-9-4-3-5-10-13/h3-7,9-12,15H,2,8H2,1H3,(H,19,20)(H,21,22). The number of amides is 1. The highest BCUT2D eigenvalue weighted by Gasteiger charge is 2.21. The van der Waals surface area contributed by atoms with Crippen molar-refractivity contribution in [1.29, 1.82) is 0 Å². The van der Waals surface area contributed by atoms with Gasteiger partial charge < -0.3 is 10.4 Å². The number of rotatable bonds is 8. The maximum atomic E-state index is 12.5. The SMILES string of the molecule is CCCC(NC(=O)c1ccccc1SSc1ccccc1)C(=O)O. The number of carbonyl (C=O) groups is 2. The molecular weight excluding hydrogens is 342 g/mol. The summed E-state index contributed by atoms with van der Waals surface area (Å²) in [6, 6.07) is 16.3. The molecule has 2 aromatic carbocycles. The Morgan fingerprint density at radius 3 is 2.38 bits per heavy atom. The van der Waals surface area contributed by atoms with Gasteiger partial charge in [-0.15, -0.1) is 0 Å². The average molecular weight is 361 g/mol. The van der Waals surface area contributed by atoms with E-state index in [0.29, 0.717) is 18.4 Å². The molecular formula is C18H19NO3S2. The Balaban J connectivity index is 2.09. The quantitative estimate of drug-likeness (QED) is 0.679. The molecule has 4 nitrogen and oxygen atoms in total. The number of nitrogens with one attached hydrogen (secondary N) is 1. The van der Waals surface area contributed by atoms with Gasteiger partial charge in [0.2, 0.25) is 0 Å². The maximum absolute atomic E-state index is 12.5. The van der Waals surface area contributed by atoms with Crippen LogP contribution in [-0.4, -0.2) is 23.0 Å². The van der Waals surface area contributed by atoms with Gasteiger partial charge in [-0.2, -0.15) is 0 Å². The molecule has 2 rings (SSSR count). The molecule has 126 valence electrons. The van der Waals surface area contributed by atoms with E-state index in [2.05, 4.69) is 5.32 Å². The van der Waals surface area contributed by atoms with Gasteiger partial charge in [0.25, 0.3) is 5.91 Å². The van der Waals surface area contributed by atoms with Crippen LogP contribution in [0.2, 0.25) is 0 Å². The minimum Gasteiger partial charge on any atom is -0.480 e. The van der Waals surface area contributed by atoms with E-state index in [1.54, 1.807) is 22.9 Å². The molecule has 0 aliphatic carbocycles. The second-order valence-corrected chi connectivity index (χ2v) is 7.37. The Bertz CT molecular complexity index is 692. The van der Waals surface area contributed by atoms with Gasteiger partial charge in [-0.1, -0.05) is 65.3 Å². The van der Waals surface area contributed by atoms with Crippen molar-refractivity contribution in [1.82, 2.24) is 5.32 Å². The zero-order chi connectivity index (χ0) is 17.4. The maximum Gasteiger partial charge on any atom is 0.326 e. The van der Waals surface area contributed by atoms with Crippen molar-refractivity contribution in [3.05, 3.63) is 60.2 Å². The van der Waals surface area contributed by atoms with Gasteiger partial charge in [-0.3, -0.25) is 4.79 Å². The van der Waals surface area contributed by atoms with Gasteiger partial charge in [0.15, 0.2) is 0 Å². The molecule has 2 aromatic rings. The van der Waals surface area contributed by atoms with Gasteiger partial charge in [-0.05, 0) is 30.7 Å². The van der Waals surface area contributed by atoms with Crippen molar-refractivity contribution in [3.8, 4) is 0 Å². The second kappa shape index (κ2) is 9.39. The van der Waals surface area contributed by atoms with Crippen LogP contribution < -0.4 is 5.32 Å². The van der Waals surface area contributed by atoms with Crippen LogP contribution in [0.5, 0.6) is 0 Å². The van der Waals surface area contributed by atoms with Crippen molar-refractivity contribution >= 4 is 33.5 Å². The fraction of sp³-hybridized carbons (Fsp3) is 0.222. The zero-order valence-electron chi connectivity index (χ0n) is 13.3. The van der Waals surface area contributed by atoms with Gasteiger partial charge in [0.1, 0.15) is 6.04 Å². The van der Waals surface area contributed by atoms with Crippen LogP contribution in [0.25, 0.3) is 0 Å². The summed E-state index contributed by atoms with van der Waals surface area (Å²) in [6.45, 7) is 1.89. The lowest BCUT2D eigenvalue weighted by atomic mass is 10.1. The highest BCUT2D eigenvalue weighted by Crippen LogP contribution is 2.38. The summed E-state index contributed by atoms with van der Waals surface area (Å²) in [4.78, 5) is 25.6. The number of benzene rings is 2. The number of aliphatic carboxylic acids is 1. The predicted octanol–water partition coefficient (Wildman–Crippen LogP) is 4.47. The monoisotopic (exact) mass is 361 g/mol. The summed E-state index contributed by atoms with van der Waals surface area (Å²) < 4.78 is 0. The second-order valence-electron chi connectivity index (χ2n) is 5.13. The highest BCUT2D eigenvalue weighted by atomic mass is 33.1. The van der Waals surface area contributed by atoms with Crippen LogP contribution in [0.1, 0.15) is 30.1 Å². The number of hydrogen-bond donors (Lipinski definition) is 2. The Morgan fingerprint density at radius 1 is 1.04 bits per heavy atom. The first-order valence-electron chi connectivity index (χ1n) is 7.64. The fourth-order valence-corrected chi connectivity index (χ4v) is 4.24. The summed E-state index contributed by atoms with van der Waals surface area (Å²) in [5, 5.41) is 11.8. The molecule has 0 saturated heterocycles. The normalized spacial score (nSPS) is 11.7. The number of carboxylic acid groups (broad SMARTS) is 1. The van der Waals surface area contributed by atoms with Crippen molar-refractivity contribution in [2.75, 3.05) is 0 Å². The molecule has 1 amide bonds. The van der Waals surface area contributed by atoms with E-state index in [-0.39, 0.29) is 5.91 Å². The van der Waals surface area contributed by atoms with E-state index >= 15 is 0 Å². The first-order chi connectivity index (χ1) is 11.6. The van der Waals surface area contributed by atoms with Crippen LogP contribution in [0.4, 0.5) is 0 Å². The smallest absolute Gasteiger partial charge is 0.326 e. The minimum atomic E-state index is -1.01. The molecule has 1 unspecified atom stereocenters. The summed E-state index contributed by atoms with van der Waals surface area (Å²) >= 11 is 0. The molecule has 6 heteroatoms. The molecule has 2 N–H and O–H groups in total. The highest BCUT2D eigenvalue weighted by molar-refractivity contribution is 8.76. The first-order valence-corrected chi connectivity index (χ1v) is 9.79. The molecule has 0 spiro atoms. The number of carbonyl (C=O) groups excluding carboxylic acids is 1. The van der Waals surface area contributed by atoms with E-state index in [1.165, 1.54) is 10.8 Å². The van der Waals surface area contributed by atoms with Crippen molar-refractivity contribution in [2.24, 2.45) is 0 Å². The van der Waals surface area contributed by atoms with E-state index in [9.17, 15) is 14.7 Å². The van der Waals surface area contributed by atoms with Crippen molar-refractivity contribution in [2.45, 2.75) is 35.6 Å². The third-order valence-electron chi connectivity index (χ3n) is 3.28. The van der Waals surface area contributed by atoms with E-state index in [1.807, 2.05) is 49.4 Å². The summed E-state index contributed by atoms with van der Waals surface area (Å²) in [5.74, 6) is -1.36. The van der Waals surface area contributed by atoms with Crippen molar-refractivity contribution in [3.63, 3.8) is 0 Å². The Morgan fingerprint density at radius 2 is 1.71 bits per heavy atom. The zero-order valence-corrected chi connectivity index (χ0v) is 14.9. The van der Waals surface area contributed by atoms with E-state index in [4.69, 9.17) is 0 Å². The van der Waals surface area contributed by atoms with Gasteiger partial charge in [0, 0.05) is 9.79 Å². The molecule has 0 fully saturated rings. The average Bonchev–Trinajstić information content (AvgIpc) is 2.60. The summed E-state index contributed by atoms with van der Waals surface area (Å²) in [7, 11) is 3.05. The predicted molar refractivity (Wildman–Crippen MR) is 98.4 cm³/mol. The minimum absolute atomic E-state index is 0.354. The molecule has 0 radical (unpaired) electrons. The van der Waals surface area contributed by atoms with Crippen LogP contribution >= 0.6 is 21.6 Å². The molecule has 0 aliphatic rings. The molecule has 0 heterocycles. The molecule has 1 atom stereocenters. The van der Waals surface area contributed by atoms with Crippen LogP contribution in [0, 0.1) is 0 Å². The molecule has 24 heavy (non-hydrogen) atoms. The lowest BCUT2D eigenvalue weighted by Gasteiger charge is -2.15. The Labute approximate surface area is 149 Å². The lowest BCUT2D eigenvalue weighted by molar-refractivity contribution is -0.139. The summed E-state index contributed by atoms with van der Waals surface area (Å²) in [5.41, 5.74) is 0.494. The Hall–Kier alpha value is -1.92. The summed E-state index contributed by atoms with van der Waals surface area (Å²) in [6.07, 6.45) is 1.10. The third kappa shape index (κ3) is 5.32. The lowest BCUT2D eigenvalue weighted by Crippen LogP contribution is -2.40. The van der Waals surface area contributed by atoms with Crippen LogP contribution in [-0.2, 0) is 4.79 Å². The number of hydrogen-bond acceptors (Lipinski definition) is 4. The molecule has 0 aliphatic heterocycles. The third-order valence-corrected chi connectivity index (χ3v) is 5.73. The number of carboxylic acids is 1. The fourth-order valence-electron chi connectivity index (χ4n) is 2.08. The molecule has 0 aromatic heterocycles. The van der Waals surface area contributed by atoms with Crippen LogP contribution in [0.15, 0.2) is 64.4 Å². The van der Waals surface area contributed by atoms with Crippen LogP contribution in [0.3, 0.4) is 0 Å². The largest absolute Gasteiger partial charge is 0.480 e. The van der Waals surface area contributed by atoms with Gasteiger partial charge in [0.05, 0.1) is 5.56 Å². The van der Waals surface area contributed by atoms with E-state index in [0.717, 1.165) is 9.79 Å². The van der Waals surface area contributed by atoms with Gasteiger partial charge in [-0.25, -0.2) is 4.79 Å².